The maximum Gasteiger partial charge on any atom is 0.162 e. The van der Waals surface area contributed by atoms with Crippen molar-refractivity contribution in [1.82, 2.24) is 0 Å². The normalized spacial score (nSPS) is 20.8. The number of rotatable bonds is 1. The van der Waals surface area contributed by atoms with Crippen LogP contribution in [0.4, 0.5) is 5.69 Å². The fraction of sp³-hybridized carbons (Fsp3) is 0.240. The lowest BCUT2D eigenvalue weighted by Crippen LogP contribution is -2.33. The van der Waals surface area contributed by atoms with Crippen LogP contribution < -0.4 is 5.32 Å². The van der Waals surface area contributed by atoms with Crippen LogP contribution in [-0.4, -0.2) is 5.78 Å². The summed E-state index contributed by atoms with van der Waals surface area (Å²) in [6.07, 6.45) is 1.51. The summed E-state index contributed by atoms with van der Waals surface area (Å²) >= 11 is 0. The molecule has 0 unspecified atom stereocenters. The highest BCUT2D eigenvalue weighted by Gasteiger charge is 2.40. The maximum atomic E-state index is 13.2. The summed E-state index contributed by atoms with van der Waals surface area (Å²) in [6.45, 7) is 4.37. The van der Waals surface area contributed by atoms with Gasteiger partial charge < -0.3 is 5.32 Å². The number of allylic oxidation sites excluding steroid dienone is 2. The molecule has 1 N–H and O–H groups in total. The molecule has 5 rings (SSSR count). The third-order valence-corrected chi connectivity index (χ3v) is 5.89. The van der Waals surface area contributed by atoms with E-state index in [0.717, 1.165) is 23.4 Å². The quantitative estimate of drug-likeness (QED) is 0.578. The molecule has 0 saturated carbocycles. The van der Waals surface area contributed by atoms with E-state index in [1.54, 1.807) is 0 Å². The van der Waals surface area contributed by atoms with Crippen LogP contribution in [0.15, 0.2) is 78.0 Å². The molecule has 1 heterocycles. The summed E-state index contributed by atoms with van der Waals surface area (Å²) in [5, 5.41) is 6.13. The zero-order chi connectivity index (χ0) is 18.6. The first-order valence-corrected chi connectivity index (χ1v) is 9.63. The highest BCUT2D eigenvalue weighted by Crippen LogP contribution is 2.50. The second kappa shape index (κ2) is 5.82. The Hall–Kier alpha value is -2.87. The van der Waals surface area contributed by atoms with Crippen LogP contribution in [0.5, 0.6) is 0 Å². The zero-order valence-corrected chi connectivity index (χ0v) is 15.8. The Morgan fingerprint density at radius 2 is 1.63 bits per heavy atom. The van der Waals surface area contributed by atoms with E-state index >= 15 is 0 Å². The van der Waals surface area contributed by atoms with Gasteiger partial charge in [-0.2, -0.15) is 0 Å². The van der Waals surface area contributed by atoms with Gasteiger partial charge >= 0.3 is 0 Å². The minimum Gasteiger partial charge on any atom is -0.358 e. The van der Waals surface area contributed by atoms with Crippen LogP contribution in [0, 0.1) is 5.41 Å². The molecule has 134 valence electrons. The van der Waals surface area contributed by atoms with Gasteiger partial charge in [-0.05, 0) is 28.3 Å². The lowest BCUT2D eigenvalue weighted by Gasteiger charge is -2.40. The van der Waals surface area contributed by atoms with Crippen molar-refractivity contribution in [3.8, 4) is 0 Å². The summed E-state index contributed by atoms with van der Waals surface area (Å²) in [5.74, 6) is 0.284. The highest BCUT2D eigenvalue weighted by molar-refractivity contribution is 6.05. The van der Waals surface area contributed by atoms with Crippen LogP contribution in [-0.2, 0) is 4.79 Å². The molecule has 1 aliphatic heterocycles. The molecule has 1 atom stereocenters. The Balaban J connectivity index is 1.80. The first-order valence-electron chi connectivity index (χ1n) is 9.63. The molecule has 0 spiro atoms. The number of nitrogens with one attached hydrogen (secondary N) is 1. The van der Waals surface area contributed by atoms with E-state index in [-0.39, 0.29) is 17.1 Å². The lowest BCUT2D eigenvalue weighted by molar-refractivity contribution is -0.118. The standard InChI is InChI=1S/C25H23NO/c1-25(2)14-20-23(21(27)15-25)22(17-9-4-3-5-10-17)19-13-12-16-8-6-7-11-18(16)24(19)26-20/h3-13,22,26H,14-15H2,1-2H3/t22-/m1/s1. The second-order valence-electron chi connectivity index (χ2n) is 8.55. The predicted octanol–water partition coefficient (Wildman–Crippen LogP) is 6.04. The predicted molar refractivity (Wildman–Crippen MR) is 111 cm³/mol. The number of Topliss-reactive ketones (excluding diaryl/α,β-unsaturated/α-hetero) is 1. The third kappa shape index (κ3) is 2.59. The molecule has 0 saturated heterocycles. The molecule has 3 aromatic carbocycles. The number of anilines is 1. The van der Waals surface area contributed by atoms with Gasteiger partial charge in [-0.15, -0.1) is 0 Å². The number of fused-ring (bicyclic) bond motifs is 3. The Bertz CT molecular complexity index is 1090. The minimum absolute atomic E-state index is 0.00524. The van der Waals surface area contributed by atoms with Crippen molar-refractivity contribution in [2.24, 2.45) is 5.41 Å². The topological polar surface area (TPSA) is 29.1 Å². The summed E-state index contributed by atoms with van der Waals surface area (Å²) in [4.78, 5) is 13.2. The number of benzene rings is 3. The van der Waals surface area contributed by atoms with Crippen molar-refractivity contribution < 1.29 is 4.79 Å². The van der Waals surface area contributed by atoms with Gasteiger partial charge in [0.15, 0.2) is 5.78 Å². The van der Waals surface area contributed by atoms with Gasteiger partial charge in [0.1, 0.15) is 0 Å². The van der Waals surface area contributed by atoms with Crippen LogP contribution in [0.2, 0.25) is 0 Å². The van der Waals surface area contributed by atoms with Crippen molar-refractivity contribution in [2.45, 2.75) is 32.6 Å². The largest absolute Gasteiger partial charge is 0.358 e. The maximum absolute atomic E-state index is 13.2. The molecule has 2 nitrogen and oxygen atoms in total. The molecule has 0 fully saturated rings. The number of ketones is 1. The smallest absolute Gasteiger partial charge is 0.162 e. The van der Waals surface area contributed by atoms with Crippen LogP contribution in [0.1, 0.15) is 43.7 Å². The van der Waals surface area contributed by atoms with E-state index in [2.05, 4.69) is 79.8 Å². The third-order valence-electron chi connectivity index (χ3n) is 5.89. The Morgan fingerprint density at radius 1 is 0.889 bits per heavy atom. The molecular formula is C25H23NO. The average Bonchev–Trinajstić information content (AvgIpc) is 2.66. The zero-order valence-electron chi connectivity index (χ0n) is 15.8. The summed E-state index contributed by atoms with van der Waals surface area (Å²) < 4.78 is 0. The van der Waals surface area contributed by atoms with Gasteiger partial charge in [0, 0.05) is 29.0 Å². The molecule has 0 amide bonds. The Kier molecular flexibility index (Phi) is 3.51. The van der Waals surface area contributed by atoms with Crippen molar-refractivity contribution in [3.05, 3.63) is 89.1 Å². The number of carbonyl (C=O) groups is 1. The van der Waals surface area contributed by atoms with E-state index in [1.807, 2.05) is 6.07 Å². The monoisotopic (exact) mass is 353 g/mol. The fourth-order valence-corrected chi connectivity index (χ4v) is 4.75. The van der Waals surface area contributed by atoms with E-state index in [1.165, 1.54) is 21.9 Å². The lowest BCUT2D eigenvalue weighted by atomic mass is 9.68. The highest BCUT2D eigenvalue weighted by atomic mass is 16.1. The Morgan fingerprint density at radius 3 is 2.44 bits per heavy atom. The van der Waals surface area contributed by atoms with Crippen LogP contribution in [0.3, 0.4) is 0 Å². The molecule has 27 heavy (non-hydrogen) atoms. The van der Waals surface area contributed by atoms with Gasteiger partial charge in [0.2, 0.25) is 0 Å². The molecule has 3 aromatic rings. The molecule has 0 aromatic heterocycles. The van der Waals surface area contributed by atoms with Gasteiger partial charge in [-0.25, -0.2) is 0 Å². The summed E-state index contributed by atoms with van der Waals surface area (Å²) in [7, 11) is 0. The van der Waals surface area contributed by atoms with Gasteiger partial charge in [0.05, 0.1) is 5.69 Å². The fourth-order valence-electron chi connectivity index (χ4n) is 4.75. The van der Waals surface area contributed by atoms with E-state index in [9.17, 15) is 4.79 Å². The van der Waals surface area contributed by atoms with Crippen molar-refractivity contribution in [1.29, 1.82) is 0 Å². The van der Waals surface area contributed by atoms with Crippen LogP contribution in [0.25, 0.3) is 10.8 Å². The molecule has 1 aliphatic carbocycles. The molecule has 0 radical (unpaired) electrons. The molecule has 2 heteroatoms. The van der Waals surface area contributed by atoms with Gasteiger partial charge in [0.25, 0.3) is 0 Å². The molecule has 0 bridgehead atoms. The molecule has 2 aliphatic rings. The SMILES string of the molecule is CC1(C)CC(=O)C2=C(C1)Nc1c(ccc3ccccc13)[C@H]2c1ccccc1. The van der Waals surface area contributed by atoms with Gasteiger partial charge in [-0.3, -0.25) is 4.79 Å². The summed E-state index contributed by atoms with van der Waals surface area (Å²) in [6, 6.07) is 23.3. The van der Waals surface area contributed by atoms with E-state index < -0.39 is 0 Å². The minimum atomic E-state index is -0.00770. The van der Waals surface area contributed by atoms with Crippen molar-refractivity contribution in [2.75, 3.05) is 5.32 Å². The van der Waals surface area contributed by atoms with Crippen LogP contribution >= 0.6 is 0 Å². The summed E-state index contributed by atoms with van der Waals surface area (Å²) in [5.41, 5.74) is 5.61. The number of hydrogen-bond acceptors (Lipinski definition) is 2. The number of hydrogen-bond donors (Lipinski definition) is 1. The first-order chi connectivity index (χ1) is 13.0. The number of carbonyl (C=O) groups excluding carboxylic acids is 1. The average molecular weight is 353 g/mol. The molecular weight excluding hydrogens is 330 g/mol. The van der Waals surface area contributed by atoms with E-state index in [0.29, 0.717) is 6.42 Å². The Labute approximate surface area is 159 Å². The van der Waals surface area contributed by atoms with Gasteiger partial charge in [-0.1, -0.05) is 80.6 Å². The van der Waals surface area contributed by atoms with Crippen molar-refractivity contribution >= 4 is 22.2 Å². The van der Waals surface area contributed by atoms with E-state index in [4.69, 9.17) is 0 Å². The first kappa shape index (κ1) is 16.3. The van der Waals surface area contributed by atoms with Crippen molar-refractivity contribution in [3.63, 3.8) is 0 Å². The second-order valence-corrected chi connectivity index (χ2v) is 8.55.